The summed E-state index contributed by atoms with van der Waals surface area (Å²) in [5.74, 6) is 0.740. The summed E-state index contributed by atoms with van der Waals surface area (Å²) in [6.07, 6.45) is 3.48. The van der Waals surface area contributed by atoms with Crippen molar-refractivity contribution >= 4 is 23.2 Å². The van der Waals surface area contributed by atoms with Crippen molar-refractivity contribution in [3.63, 3.8) is 0 Å². The molecule has 9 heteroatoms. The maximum atomic E-state index is 12.7. The standard InChI is InChI=1S/C17H22N6O2S/c24-16(14-13-26-15(20-14)12-21-8-10-25-11-9-21)22-4-6-23(7-5-22)17-18-2-1-3-19-17/h1-3,13H,4-12H2. The Balaban J connectivity index is 1.32. The lowest BCUT2D eigenvalue weighted by molar-refractivity contribution is 0.0341. The van der Waals surface area contributed by atoms with E-state index in [0.29, 0.717) is 18.8 Å². The molecule has 2 aliphatic rings. The summed E-state index contributed by atoms with van der Waals surface area (Å²) in [5, 5.41) is 2.87. The summed E-state index contributed by atoms with van der Waals surface area (Å²) in [4.78, 5) is 32.1. The van der Waals surface area contributed by atoms with Crippen LogP contribution in [0, 0.1) is 0 Å². The number of hydrogen-bond acceptors (Lipinski definition) is 8. The fourth-order valence-electron chi connectivity index (χ4n) is 3.16. The highest BCUT2D eigenvalue weighted by Gasteiger charge is 2.25. The van der Waals surface area contributed by atoms with Gasteiger partial charge in [-0.2, -0.15) is 0 Å². The Kier molecular flexibility index (Phi) is 5.37. The molecule has 0 aliphatic carbocycles. The molecule has 0 N–H and O–H groups in total. The monoisotopic (exact) mass is 374 g/mol. The van der Waals surface area contributed by atoms with Crippen LogP contribution in [0.15, 0.2) is 23.8 Å². The van der Waals surface area contributed by atoms with Gasteiger partial charge in [0.05, 0.1) is 19.8 Å². The molecule has 2 saturated heterocycles. The molecule has 0 aromatic carbocycles. The molecule has 0 bridgehead atoms. The van der Waals surface area contributed by atoms with Crippen molar-refractivity contribution in [2.24, 2.45) is 0 Å². The van der Waals surface area contributed by atoms with Crippen LogP contribution in [0.4, 0.5) is 5.95 Å². The van der Waals surface area contributed by atoms with Gasteiger partial charge in [0.15, 0.2) is 0 Å². The van der Waals surface area contributed by atoms with Crippen LogP contribution in [-0.2, 0) is 11.3 Å². The number of rotatable bonds is 4. The molecule has 2 fully saturated rings. The highest BCUT2D eigenvalue weighted by Crippen LogP contribution is 2.17. The van der Waals surface area contributed by atoms with Crippen molar-refractivity contribution in [3.8, 4) is 0 Å². The van der Waals surface area contributed by atoms with Gasteiger partial charge in [-0.25, -0.2) is 15.0 Å². The third-order valence-corrected chi connectivity index (χ3v) is 5.47. The molecule has 2 aromatic rings. The summed E-state index contributed by atoms with van der Waals surface area (Å²) in [5.41, 5.74) is 0.558. The van der Waals surface area contributed by atoms with Gasteiger partial charge in [-0.3, -0.25) is 9.69 Å². The van der Waals surface area contributed by atoms with E-state index in [1.807, 2.05) is 10.3 Å². The van der Waals surface area contributed by atoms with Gasteiger partial charge in [0, 0.05) is 57.0 Å². The first-order valence-corrected chi connectivity index (χ1v) is 9.73. The second kappa shape index (κ2) is 8.07. The van der Waals surface area contributed by atoms with Gasteiger partial charge in [-0.05, 0) is 6.07 Å². The molecule has 0 spiro atoms. The molecular formula is C17H22N6O2S. The van der Waals surface area contributed by atoms with E-state index in [-0.39, 0.29) is 5.91 Å². The molecule has 2 aliphatic heterocycles. The van der Waals surface area contributed by atoms with Gasteiger partial charge >= 0.3 is 0 Å². The first kappa shape index (κ1) is 17.3. The lowest BCUT2D eigenvalue weighted by Gasteiger charge is -2.34. The zero-order valence-corrected chi connectivity index (χ0v) is 15.4. The largest absolute Gasteiger partial charge is 0.379 e. The highest BCUT2D eigenvalue weighted by atomic mass is 32.1. The number of aromatic nitrogens is 3. The van der Waals surface area contributed by atoms with E-state index >= 15 is 0 Å². The van der Waals surface area contributed by atoms with Crippen LogP contribution >= 0.6 is 11.3 Å². The number of anilines is 1. The zero-order chi connectivity index (χ0) is 17.8. The van der Waals surface area contributed by atoms with E-state index in [4.69, 9.17) is 4.74 Å². The van der Waals surface area contributed by atoms with Crippen molar-refractivity contribution in [2.75, 3.05) is 57.4 Å². The Labute approximate surface area is 156 Å². The zero-order valence-electron chi connectivity index (χ0n) is 14.6. The molecule has 0 atom stereocenters. The normalized spacial score (nSPS) is 18.9. The number of thiazole rings is 1. The first-order chi connectivity index (χ1) is 12.8. The summed E-state index contributed by atoms with van der Waals surface area (Å²) >= 11 is 1.56. The van der Waals surface area contributed by atoms with E-state index in [2.05, 4.69) is 24.8 Å². The van der Waals surface area contributed by atoms with Crippen LogP contribution in [0.3, 0.4) is 0 Å². The number of hydrogen-bond donors (Lipinski definition) is 0. The Morgan fingerprint density at radius 3 is 2.54 bits per heavy atom. The second-order valence-electron chi connectivity index (χ2n) is 6.34. The van der Waals surface area contributed by atoms with Crippen molar-refractivity contribution in [3.05, 3.63) is 34.5 Å². The fourth-order valence-corrected chi connectivity index (χ4v) is 3.97. The Morgan fingerprint density at radius 2 is 1.81 bits per heavy atom. The Morgan fingerprint density at radius 1 is 1.08 bits per heavy atom. The van der Waals surface area contributed by atoms with Gasteiger partial charge in [0.25, 0.3) is 5.91 Å². The van der Waals surface area contributed by atoms with Gasteiger partial charge in [-0.15, -0.1) is 11.3 Å². The minimum Gasteiger partial charge on any atom is -0.379 e. The number of piperazine rings is 1. The molecule has 138 valence electrons. The minimum atomic E-state index is 0.0168. The second-order valence-corrected chi connectivity index (χ2v) is 7.29. The van der Waals surface area contributed by atoms with Crippen LogP contribution in [0.25, 0.3) is 0 Å². The molecule has 0 saturated carbocycles. The summed E-state index contributed by atoms with van der Waals surface area (Å²) in [7, 11) is 0. The molecule has 0 radical (unpaired) electrons. The summed E-state index contributed by atoms with van der Waals surface area (Å²) < 4.78 is 5.37. The van der Waals surface area contributed by atoms with Crippen molar-refractivity contribution in [1.29, 1.82) is 0 Å². The van der Waals surface area contributed by atoms with Crippen LogP contribution in [0.5, 0.6) is 0 Å². The molecule has 8 nitrogen and oxygen atoms in total. The number of nitrogens with zero attached hydrogens (tertiary/aromatic N) is 6. The lowest BCUT2D eigenvalue weighted by Crippen LogP contribution is -2.49. The van der Waals surface area contributed by atoms with E-state index in [9.17, 15) is 4.79 Å². The number of morpholine rings is 1. The van der Waals surface area contributed by atoms with E-state index in [0.717, 1.165) is 56.9 Å². The fraction of sp³-hybridized carbons (Fsp3) is 0.529. The SMILES string of the molecule is O=C(c1csc(CN2CCOCC2)n1)N1CCN(c2ncccn2)CC1. The van der Waals surface area contributed by atoms with Crippen molar-refractivity contribution in [2.45, 2.75) is 6.54 Å². The molecule has 1 amide bonds. The predicted molar refractivity (Wildman–Crippen MR) is 98.4 cm³/mol. The highest BCUT2D eigenvalue weighted by molar-refractivity contribution is 7.09. The number of carbonyl (C=O) groups is 1. The predicted octanol–water partition coefficient (Wildman–Crippen LogP) is 0.728. The topological polar surface area (TPSA) is 74.7 Å². The average Bonchev–Trinajstić information content (AvgIpc) is 3.17. The molecule has 26 heavy (non-hydrogen) atoms. The molecular weight excluding hydrogens is 352 g/mol. The number of ether oxygens (including phenoxy) is 1. The van der Waals surface area contributed by atoms with Crippen LogP contribution in [-0.4, -0.2) is 83.1 Å². The van der Waals surface area contributed by atoms with Gasteiger partial charge in [0.1, 0.15) is 10.7 Å². The summed E-state index contributed by atoms with van der Waals surface area (Å²) in [6, 6.07) is 1.81. The first-order valence-electron chi connectivity index (χ1n) is 8.85. The van der Waals surface area contributed by atoms with Crippen molar-refractivity contribution < 1.29 is 9.53 Å². The minimum absolute atomic E-state index is 0.0168. The summed E-state index contributed by atoms with van der Waals surface area (Å²) in [6.45, 7) is 6.97. The quantitative estimate of drug-likeness (QED) is 0.781. The smallest absolute Gasteiger partial charge is 0.273 e. The van der Waals surface area contributed by atoms with E-state index in [1.165, 1.54) is 0 Å². The van der Waals surface area contributed by atoms with Gasteiger partial charge in [-0.1, -0.05) is 0 Å². The Bertz CT molecular complexity index is 726. The number of carbonyl (C=O) groups excluding carboxylic acids is 1. The average molecular weight is 374 g/mol. The third-order valence-electron chi connectivity index (χ3n) is 4.64. The van der Waals surface area contributed by atoms with E-state index in [1.54, 1.807) is 29.8 Å². The van der Waals surface area contributed by atoms with Gasteiger partial charge in [0.2, 0.25) is 5.95 Å². The van der Waals surface area contributed by atoms with Crippen LogP contribution in [0.1, 0.15) is 15.5 Å². The molecule has 2 aromatic heterocycles. The Hall–Kier alpha value is -2.10. The lowest BCUT2D eigenvalue weighted by atomic mass is 10.3. The molecule has 4 rings (SSSR count). The maximum Gasteiger partial charge on any atom is 0.273 e. The van der Waals surface area contributed by atoms with Crippen LogP contribution < -0.4 is 4.90 Å². The van der Waals surface area contributed by atoms with Crippen LogP contribution in [0.2, 0.25) is 0 Å². The molecule has 4 heterocycles. The van der Waals surface area contributed by atoms with Gasteiger partial charge < -0.3 is 14.5 Å². The van der Waals surface area contributed by atoms with Crippen molar-refractivity contribution in [1.82, 2.24) is 24.8 Å². The molecule has 0 unspecified atom stereocenters. The number of amides is 1. The third kappa shape index (κ3) is 4.00. The maximum absolute atomic E-state index is 12.7. The van der Waals surface area contributed by atoms with E-state index < -0.39 is 0 Å².